The first-order chi connectivity index (χ1) is 13.5. The van der Waals surface area contributed by atoms with E-state index in [1.807, 2.05) is 15.9 Å². The summed E-state index contributed by atoms with van der Waals surface area (Å²) in [7, 11) is -3.06. The number of carbonyl (C=O) groups is 1. The Hall–Kier alpha value is -1.85. The van der Waals surface area contributed by atoms with Gasteiger partial charge in [0.15, 0.2) is 9.84 Å². The highest BCUT2D eigenvalue weighted by Crippen LogP contribution is 2.28. The number of hydrogen-bond donors (Lipinski definition) is 0. The van der Waals surface area contributed by atoms with Crippen molar-refractivity contribution in [2.45, 2.75) is 63.6 Å². The minimum absolute atomic E-state index is 0.0292. The summed E-state index contributed by atoms with van der Waals surface area (Å²) in [4.78, 5) is 17.1. The summed E-state index contributed by atoms with van der Waals surface area (Å²) >= 11 is 0. The number of nitrogens with zero attached hydrogens (tertiary/aromatic N) is 3. The predicted molar refractivity (Wildman–Crippen MR) is 105 cm³/mol. The lowest BCUT2D eigenvalue weighted by atomic mass is 9.92. The normalized spacial score (nSPS) is 22.2. The van der Waals surface area contributed by atoms with Gasteiger partial charge in [-0.2, -0.15) is 5.26 Å². The zero-order chi connectivity index (χ0) is 20.0. The smallest absolute Gasteiger partial charge is 0.237 e. The topological polar surface area (TPSA) is 94.6 Å². The molecular formula is C20H29N3O4S. The molecule has 1 saturated carbocycles. The summed E-state index contributed by atoms with van der Waals surface area (Å²) in [6, 6.07) is 5.69. The van der Waals surface area contributed by atoms with Gasteiger partial charge in [0.2, 0.25) is 5.91 Å². The highest BCUT2D eigenvalue weighted by molar-refractivity contribution is 7.91. The van der Waals surface area contributed by atoms with Gasteiger partial charge in [-0.15, -0.1) is 0 Å². The summed E-state index contributed by atoms with van der Waals surface area (Å²) in [5.74, 6) is 0.960. The van der Waals surface area contributed by atoms with Gasteiger partial charge in [0.25, 0.3) is 0 Å². The van der Waals surface area contributed by atoms with Crippen molar-refractivity contribution in [3.63, 3.8) is 0 Å². The predicted octanol–water partition coefficient (Wildman–Crippen LogP) is 2.34. The highest BCUT2D eigenvalue weighted by atomic mass is 32.2. The Morgan fingerprint density at radius 1 is 1.21 bits per heavy atom. The zero-order valence-electron chi connectivity index (χ0n) is 16.3. The molecule has 2 heterocycles. The van der Waals surface area contributed by atoms with Crippen molar-refractivity contribution in [3.05, 3.63) is 24.2 Å². The average Bonchev–Trinajstić information content (AvgIpc) is 3.30. The molecule has 1 amide bonds. The number of sulfone groups is 1. The molecule has 2 aliphatic rings. The highest BCUT2D eigenvalue weighted by Gasteiger charge is 2.38. The minimum Gasteiger partial charge on any atom is -0.468 e. The third kappa shape index (κ3) is 5.58. The second-order valence-electron chi connectivity index (χ2n) is 7.85. The molecule has 0 bridgehead atoms. The average molecular weight is 408 g/mol. The molecule has 8 heteroatoms. The molecule has 154 valence electrons. The van der Waals surface area contributed by atoms with Crippen LogP contribution in [-0.4, -0.2) is 60.8 Å². The quantitative estimate of drug-likeness (QED) is 0.656. The van der Waals surface area contributed by atoms with Gasteiger partial charge in [-0.1, -0.05) is 19.3 Å². The van der Waals surface area contributed by atoms with Crippen LogP contribution in [0.2, 0.25) is 0 Å². The fourth-order valence-corrected chi connectivity index (χ4v) is 6.09. The van der Waals surface area contributed by atoms with Gasteiger partial charge in [0.05, 0.1) is 36.9 Å². The van der Waals surface area contributed by atoms with E-state index >= 15 is 0 Å². The van der Waals surface area contributed by atoms with E-state index in [2.05, 4.69) is 6.07 Å². The third-order valence-corrected chi connectivity index (χ3v) is 7.47. The van der Waals surface area contributed by atoms with Gasteiger partial charge in [-0.25, -0.2) is 8.42 Å². The molecule has 2 fully saturated rings. The second-order valence-corrected chi connectivity index (χ2v) is 10.1. The number of nitriles is 1. The van der Waals surface area contributed by atoms with E-state index in [1.54, 1.807) is 12.3 Å². The largest absolute Gasteiger partial charge is 0.468 e. The van der Waals surface area contributed by atoms with E-state index in [4.69, 9.17) is 9.68 Å². The fourth-order valence-electron chi connectivity index (χ4n) is 4.38. The van der Waals surface area contributed by atoms with Gasteiger partial charge in [0, 0.05) is 25.0 Å². The Balaban J connectivity index is 1.73. The summed E-state index contributed by atoms with van der Waals surface area (Å²) in [5.41, 5.74) is 0. The molecular weight excluding hydrogens is 378 g/mol. The summed E-state index contributed by atoms with van der Waals surface area (Å²) in [6.45, 7) is 1.11. The molecule has 1 aromatic heterocycles. The molecule has 3 rings (SSSR count). The first-order valence-electron chi connectivity index (χ1n) is 10.1. The molecule has 28 heavy (non-hydrogen) atoms. The van der Waals surface area contributed by atoms with Crippen LogP contribution >= 0.6 is 0 Å². The van der Waals surface area contributed by atoms with Gasteiger partial charge < -0.3 is 9.32 Å². The Labute approximate surface area is 167 Å². The molecule has 1 aromatic rings. The number of amides is 1. The van der Waals surface area contributed by atoms with Crippen molar-refractivity contribution in [1.29, 1.82) is 5.26 Å². The van der Waals surface area contributed by atoms with Crippen molar-refractivity contribution < 1.29 is 17.6 Å². The van der Waals surface area contributed by atoms with Crippen LogP contribution < -0.4 is 0 Å². The van der Waals surface area contributed by atoms with Gasteiger partial charge >= 0.3 is 0 Å². The Morgan fingerprint density at radius 3 is 2.61 bits per heavy atom. The Kier molecular flexibility index (Phi) is 7.13. The van der Waals surface area contributed by atoms with Gasteiger partial charge in [-0.3, -0.25) is 9.69 Å². The fraction of sp³-hybridized carbons (Fsp3) is 0.700. The van der Waals surface area contributed by atoms with Crippen molar-refractivity contribution in [3.8, 4) is 6.07 Å². The van der Waals surface area contributed by atoms with Crippen molar-refractivity contribution in [2.75, 3.05) is 24.6 Å². The maximum atomic E-state index is 13.3. The van der Waals surface area contributed by atoms with Crippen LogP contribution in [0.4, 0.5) is 0 Å². The molecule has 1 atom stereocenters. The number of furan rings is 1. The summed E-state index contributed by atoms with van der Waals surface area (Å²) < 4.78 is 29.5. The van der Waals surface area contributed by atoms with Gasteiger partial charge in [-0.05, 0) is 31.4 Å². The van der Waals surface area contributed by atoms with E-state index in [0.29, 0.717) is 25.9 Å². The van der Waals surface area contributed by atoms with Crippen LogP contribution in [0.15, 0.2) is 22.8 Å². The molecule has 7 nitrogen and oxygen atoms in total. The summed E-state index contributed by atoms with van der Waals surface area (Å²) in [5, 5.41) is 8.96. The molecule has 0 spiro atoms. The SMILES string of the molecule is N#CCCN(CC(=O)N(C1CCCCC1)C1CCS(=O)(=O)C1)Cc1ccco1. The van der Waals surface area contributed by atoms with Crippen LogP contribution in [0.5, 0.6) is 0 Å². The standard InChI is InChI=1S/C20H29N3O4S/c21-10-5-11-22(14-19-8-4-12-27-19)15-20(24)23(17-6-2-1-3-7-17)18-9-13-28(25,26)16-18/h4,8,12,17-18H,1-3,5-7,9,11,13-16H2. The van der Waals surface area contributed by atoms with Crippen LogP contribution in [-0.2, 0) is 21.2 Å². The molecule has 1 saturated heterocycles. The Morgan fingerprint density at radius 2 is 2.00 bits per heavy atom. The number of carbonyl (C=O) groups excluding carboxylic acids is 1. The third-order valence-electron chi connectivity index (χ3n) is 5.72. The van der Waals surface area contributed by atoms with Crippen LogP contribution in [0.3, 0.4) is 0 Å². The lowest BCUT2D eigenvalue weighted by Gasteiger charge is -2.39. The van der Waals surface area contributed by atoms with Crippen LogP contribution in [0.25, 0.3) is 0 Å². The number of rotatable bonds is 8. The first-order valence-corrected chi connectivity index (χ1v) is 11.9. The minimum atomic E-state index is -3.06. The molecule has 0 N–H and O–H groups in total. The zero-order valence-corrected chi connectivity index (χ0v) is 17.1. The molecule has 1 aliphatic carbocycles. The molecule has 1 unspecified atom stereocenters. The van der Waals surface area contributed by atoms with E-state index in [9.17, 15) is 13.2 Å². The summed E-state index contributed by atoms with van der Waals surface area (Å²) in [6.07, 6.45) is 7.68. The lowest BCUT2D eigenvalue weighted by molar-refractivity contribution is -0.138. The molecule has 1 aliphatic heterocycles. The monoisotopic (exact) mass is 407 g/mol. The lowest BCUT2D eigenvalue weighted by Crippen LogP contribution is -2.52. The maximum Gasteiger partial charge on any atom is 0.237 e. The van der Waals surface area contributed by atoms with Crippen molar-refractivity contribution in [2.24, 2.45) is 0 Å². The van der Waals surface area contributed by atoms with Gasteiger partial charge in [0.1, 0.15) is 5.76 Å². The van der Waals surface area contributed by atoms with E-state index in [0.717, 1.165) is 31.4 Å². The van der Waals surface area contributed by atoms with Crippen LogP contribution in [0.1, 0.15) is 50.7 Å². The number of hydrogen-bond acceptors (Lipinski definition) is 6. The van der Waals surface area contributed by atoms with Crippen molar-refractivity contribution in [1.82, 2.24) is 9.80 Å². The molecule has 0 aromatic carbocycles. The van der Waals surface area contributed by atoms with E-state index in [-0.39, 0.29) is 36.0 Å². The van der Waals surface area contributed by atoms with E-state index in [1.165, 1.54) is 6.42 Å². The molecule has 0 radical (unpaired) electrons. The first kappa shape index (κ1) is 20.9. The van der Waals surface area contributed by atoms with Crippen molar-refractivity contribution >= 4 is 15.7 Å². The maximum absolute atomic E-state index is 13.3. The van der Waals surface area contributed by atoms with E-state index < -0.39 is 9.84 Å². The van der Waals surface area contributed by atoms with Crippen LogP contribution in [0, 0.1) is 11.3 Å². The second kappa shape index (κ2) is 9.57. The Bertz CT molecular complexity index is 779.